The molecule has 0 aliphatic rings. The fraction of sp³-hybridized carbons (Fsp3) is 0.462. The van der Waals surface area contributed by atoms with Crippen molar-refractivity contribution in [1.29, 1.82) is 0 Å². The minimum absolute atomic E-state index is 0. The van der Waals surface area contributed by atoms with Crippen molar-refractivity contribution in [2.75, 3.05) is 14.1 Å². The van der Waals surface area contributed by atoms with Gasteiger partial charge in [-0.05, 0) is 31.5 Å². The molecule has 0 heterocycles. The number of halogens is 1. The summed E-state index contributed by atoms with van der Waals surface area (Å²) in [4.78, 5) is 4.05. The summed E-state index contributed by atoms with van der Waals surface area (Å²) >= 11 is 0. The van der Waals surface area contributed by atoms with E-state index in [2.05, 4.69) is 15.6 Å². The molecule has 102 valence electrons. The Labute approximate surface area is 126 Å². The number of guanidine groups is 1. The molecule has 0 saturated heterocycles. The fourth-order valence-electron chi connectivity index (χ4n) is 1.42. The van der Waals surface area contributed by atoms with Crippen molar-refractivity contribution in [2.24, 2.45) is 4.99 Å². The monoisotopic (exact) mass is 363 g/mol. The molecule has 0 unspecified atom stereocenters. The molecule has 2 N–H and O–H groups in total. The number of nitrogens with one attached hydrogen (secondary N) is 2. The molecule has 5 heteroatoms. The summed E-state index contributed by atoms with van der Waals surface area (Å²) in [5, 5.41) is 6.17. The van der Waals surface area contributed by atoms with Crippen molar-refractivity contribution in [3.8, 4) is 5.75 Å². The number of hydrogen-bond acceptors (Lipinski definition) is 2. The summed E-state index contributed by atoms with van der Waals surface area (Å²) in [6.07, 6.45) is 0.210. The van der Waals surface area contributed by atoms with Gasteiger partial charge in [0.25, 0.3) is 0 Å². The van der Waals surface area contributed by atoms with Gasteiger partial charge in [0.2, 0.25) is 0 Å². The number of hydrogen-bond donors (Lipinski definition) is 2. The molecule has 0 spiro atoms. The van der Waals surface area contributed by atoms with E-state index in [-0.39, 0.29) is 30.1 Å². The van der Waals surface area contributed by atoms with Crippen LogP contribution in [0.1, 0.15) is 19.4 Å². The van der Waals surface area contributed by atoms with Crippen LogP contribution in [0.4, 0.5) is 0 Å². The second-order valence-electron chi connectivity index (χ2n) is 3.99. The predicted molar refractivity (Wildman–Crippen MR) is 86.9 cm³/mol. The van der Waals surface area contributed by atoms with E-state index in [9.17, 15) is 0 Å². The molecule has 0 atom stereocenters. The van der Waals surface area contributed by atoms with Gasteiger partial charge < -0.3 is 15.4 Å². The minimum atomic E-state index is 0. The van der Waals surface area contributed by atoms with E-state index in [0.717, 1.165) is 18.3 Å². The van der Waals surface area contributed by atoms with Gasteiger partial charge >= 0.3 is 0 Å². The van der Waals surface area contributed by atoms with Crippen molar-refractivity contribution in [1.82, 2.24) is 10.6 Å². The van der Waals surface area contributed by atoms with Crippen LogP contribution in [0.5, 0.6) is 5.75 Å². The zero-order valence-electron chi connectivity index (χ0n) is 11.4. The van der Waals surface area contributed by atoms with Crippen LogP contribution in [0.2, 0.25) is 0 Å². The lowest BCUT2D eigenvalue weighted by molar-refractivity contribution is 0.242. The molecule has 0 aliphatic heterocycles. The Morgan fingerprint density at radius 3 is 2.33 bits per heavy atom. The molecule has 0 fully saturated rings. The van der Waals surface area contributed by atoms with Crippen LogP contribution in [0.15, 0.2) is 29.3 Å². The van der Waals surface area contributed by atoms with Gasteiger partial charge in [0.1, 0.15) is 5.75 Å². The zero-order chi connectivity index (χ0) is 12.7. The topological polar surface area (TPSA) is 45.7 Å². The first-order valence-electron chi connectivity index (χ1n) is 5.79. The van der Waals surface area contributed by atoms with E-state index in [0.29, 0.717) is 0 Å². The quantitative estimate of drug-likeness (QED) is 0.491. The fourth-order valence-corrected chi connectivity index (χ4v) is 1.42. The maximum absolute atomic E-state index is 5.58. The van der Waals surface area contributed by atoms with Gasteiger partial charge in [-0.1, -0.05) is 12.1 Å². The normalized spacial score (nSPS) is 10.8. The molecule has 1 aromatic carbocycles. The van der Waals surface area contributed by atoms with Crippen LogP contribution in [0, 0.1) is 0 Å². The number of benzene rings is 1. The highest BCUT2D eigenvalue weighted by atomic mass is 127. The molecule has 4 nitrogen and oxygen atoms in total. The second kappa shape index (κ2) is 9.02. The lowest BCUT2D eigenvalue weighted by Gasteiger charge is -2.11. The number of nitrogens with zero attached hydrogens (tertiary/aromatic N) is 1. The molecule has 0 radical (unpaired) electrons. The Hall–Kier alpha value is -0.980. The lowest BCUT2D eigenvalue weighted by atomic mass is 10.2. The Morgan fingerprint density at radius 2 is 1.89 bits per heavy atom. The van der Waals surface area contributed by atoms with Gasteiger partial charge in [-0.25, -0.2) is 0 Å². The third kappa shape index (κ3) is 6.09. The van der Waals surface area contributed by atoms with Crippen LogP contribution in [-0.4, -0.2) is 26.2 Å². The maximum atomic E-state index is 5.58. The molecule has 0 aliphatic carbocycles. The SMILES string of the molecule is CN=C(NC)NCc1ccc(OC(C)C)cc1.I. The molecule has 1 aromatic rings. The first-order valence-corrected chi connectivity index (χ1v) is 5.79. The van der Waals surface area contributed by atoms with Crippen LogP contribution in [0.25, 0.3) is 0 Å². The Bertz CT molecular complexity index is 363. The molecule has 1 rings (SSSR count). The van der Waals surface area contributed by atoms with Gasteiger partial charge in [0.05, 0.1) is 6.10 Å². The standard InChI is InChI=1S/C13H21N3O.HI/c1-10(2)17-12-7-5-11(6-8-12)9-16-13(14-3)15-4;/h5-8,10H,9H2,1-4H3,(H2,14,15,16);1H. The largest absolute Gasteiger partial charge is 0.491 e. The van der Waals surface area contributed by atoms with Gasteiger partial charge in [-0.3, -0.25) is 4.99 Å². The molecule has 0 bridgehead atoms. The van der Waals surface area contributed by atoms with Crippen molar-refractivity contribution < 1.29 is 4.74 Å². The van der Waals surface area contributed by atoms with E-state index in [1.807, 2.05) is 45.2 Å². The highest BCUT2D eigenvalue weighted by Crippen LogP contribution is 2.13. The first kappa shape index (κ1) is 17.0. The van der Waals surface area contributed by atoms with Crippen LogP contribution < -0.4 is 15.4 Å². The Morgan fingerprint density at radius 1 is 1.28 bits per heavy atom. The van der Waals surface area contributed by atoms with Gasteiger partial charge in [0, 0.05) is 20.6 Å². The summed E-state index contributed by atoms with van der Waals surface area (Å²) in [6.45, 7) is 4.79. The number of ether oxygens (including phenoxy) is 1. The maximum Gasteiger partial charge on any atom is 0.190 e. The molecule has 18 heavy (non-hydrogen) atoms. The van der Waals surface area contributed by atoms with E-state index >= 15 is 0 Å². The van der Waals surface area contributed by atoms with E-state index in [1.165, 1.54) is 5.56 Å². The third-order valence-corrected chi connectivity index (χ3v) is 2.22. The third-order valence-electron chi connectivity index (χ3n) is 2.22. The molecule has 0 saturated carbocycles. The van der Waals surface area contributed by atoms with E-state index in [1.54, 1.807) is 7.05 Å². The number of aliphatic imine (C=N–C) groups is 1. The molecule has 0 aromatic heterocycles. The molecule has 0 amide bonds. The highest BCUT2D eigenvalue weighted by molar-refractivity contribution is 14.0. The Balaban J connectivity index is 0.00000289. The van der Waals surface area contributed by atoms with Crippen LogP contribution in [0.3, 0.4) is 0 Å². The van der Waals surface area contributed by atoms with Crippen LogP contribution >= 0.6 is 24.0 Å². The Kier molecular flexibility index (Phi) is 8.53. The van der Waals surface area contributed by atoms with Crippen molar-refractivity contribution in [2.45, 2.75) is 26.5 Å². The number of rotatable bonds is 4. The average Bonchev–Trinajstić information content (AvgIpc) is 2.32. The summed E-state index contributed by atoms with van der Waals surface area (Å²) in [5.74, 6) is 1.69. The van der Waals surface area contributed by atoms with Crippen LogP contribution in [-0.2, 0) is 6.54 Å². The minimum Gasteiger partial charge on any atom is -0.491 e. The van der Waals surface area contributed by atoms with E-state index in [4.69, 9.17) is 4.74 Å². The summed E-state index contributed by atoms with van der Waals surface area (Å²) < 4.78 is 5.58. The van der Waals surface area contributed by atoms with Gasteiger partial charge in [-0.15, -0.1) is 24.0 Å². The lowest BCUT2D eigenvalue weighted by Crippen LogP contribution is -2.34. The summed E-state index contributed by atoms with van der Waals surface area (Å²) in [7, 11) is 3.59. The van der Waals surface area contributed by atoms with Crippen molar-refractivity contribution in [3.63, 3.8) is 0 Å². The summed E-state index contributed by atoms with van der Waals surface area (Å²) in [5.41, 5.74) is 1.19. The first-order chi connectivity index (χ1) is 8.15. The van der Waals surface area contributed by atoms with Gasteiger partial charge in [-0.2, -0.15) is 0 Å². The van der Waals surface area contributed by atoms with Gasteiger partial charge in [0.15, 0.2) is 5.96 Å². The average molecular weight is 363 g/mol. The zero-order valence-corrected chi connectivity index (χ0v) is 13.7. The summed E-state index contributed by atoms with van der Waals surface area (Å²) in [6, 6.07) is 8.07. The predicted octanol–water partition coefficient (Wildman–Crippen LogP) is 2.39. The van der Waals surface area contributed by atoms with Crippen molar-refractivity contribution in [3.05, 3.63) is 29.8 Å². The molecular formula is C13H22IN3O. The highest BCUT2D eigenvalue weighted by Gasteiger charge is 1.99. The second-order valence-corrected chi connectivity index (χ2v) is 3.99. The molecular weight excluding hydrogens is 341 g/mol. The van der Waals surface area contributed by atoms with Crippen molar-refractivity contribution >= 4 is 29.9 Å². The van der Waals surface area contributed by atoms with E-state index < -0.39 is 0 Å². The smallest absolute Gasteiger partial charge is 0.190 e.